The van der Waals surface area contributed by atoms with Crippen molar-refractivity contribution in [1.82, 2.24) is 4.90 Å². The van der Waals surface area contributed by atoms with E-state index in [-0.39, 0.29) is 22.9 Å². The third-order valence-electron chi connectivity index (χ3n) is 6.12. The lowest BCUT2D eigenvalue weighted by Crippen LogP contribution is -2.42. The van der Waals surface area contributed by atoms with E-state index in [0.29, 0.717) is 36.0 Å². The minimum absolute atomic E-state index is 0.0779. The van der Waals surface area contributed by atoms with Crippen molar-refractivity contribution < 1.29 is 28.7 Å². The van der Waals surface area contributed by atoms with Gasteiger partial charge in [0.15, 0.2) is 11.5 Å². The average Bonchev–Trinajstić information content (AvgIpc) is 2.90. The molecule has 1 amide bonds. The van der Waals surface area contributed by atoms with Crippen LogP contribution in [0.25, 0.3) is 0 Å². The average molecular weight is 513 g/mol. The van der Waals surface area contributed by atoms with Gasteiger partial charge >= 0.3 is 0 Å². The highest BCUT2D eigenvalue weighted by Gasteiger charge is 2.36. The van der Waals surface area contributed by atoms with Crippen LogP contribution in [0.15, 0.2) is 54.6 Å². The molecule has 1 aliphatic rings. The summed E-state index contributed by atoms with van der Waals surface area (Å²) < 4.78 is 22.2. The fraction of sp³-hybridized carbons (Fsp3) is 0.269. The highest BCUT2D eigenvalue weighted by atomic mass is 35.5. The van der Waals surface area contributed by atoms with Crippen molar-refractivity contribution in [1.29, 1.82) is 0 Å². The molecular weight excluding hydrogens is 488 g/mol. The first-order chi connectivity index (χ1) is 17.4. The lowest BCUT2D eigenvalue weighted by Gasteiger charge is -2.37. The van der Waals surface area contributed by atoms with Crippen molar-refractivity contribution in [3.63, 3.8) is 0 Å². The Morgan fingerprint density at radius 3 is 2.31 bits per heavy atom. The summed E-state index contributed by atoms with van der Waals surface area (Å²) in [5.74, 6) is 1.86. The number of hydrogen-bond acceptors (Lipinski definition) is 7. The number of fused-ring (bicyclic) bond motifs is 1. The normalized spacial score (nSPS) is 14.6. The number of halogens is 1. The molecule has 10 heteroatoms. The minimum atomic E-state index is -0.585. The zero-order valence-electron chi connectivity index (χ0n) is 20.0. The van der Waals surface area contributed by atoms with Crippen LogP contribution in [0.5, 0.6) is 23.0 Å². The van der Waals surface area contributed by atoms with E-state index in [1.165, 1.54) is 25.3 Å². The van der Waals surface area contributed by atoms with Crippen LogP contribution in [-0.2, 0) is 6.42 Å². The smallest absolute Gasteiger partial charge is 0.282 e. The topological polar surface area (TPSA) is 100 Å². The van der Waals surface area contributed by atoms with Gasteiger partial charge in [-0.2, -0.15) is 0 Å². The van der Waals surface area contributed by atoms with Crippen molar-refractivity contribution in [2.24, 2.45) is 0 Å². The Morgan fingerprint density at radius 2 is 1.67 bits per heavy atom. The van der Waals surface area contributed by atoms with E-state index in [9.17, 15) is 14.9 Å². The molecule has 36 heavy (non-hydrogen) atoms. The molecule has 0 radical (unpaired) electrons. The molecule has 1 atom stereocenters. The van der Waals surface area contributed by atoms with Gasteiger partial charge in [-0.25, -0.2) is 0 Å². The van der Waals surface area contributed by atoms with Crippen LogP contribution in [0.3, 0.4) is 0 Å². The summed E-state index contributed by atoms with van der Waals surface area (Å²) in [7, 11) is 4.68. The van der Waals surface area contributed by atoms with E-state index in [1.54, 1.807) is 43.4 Å². The number of hydrogen-bond donors (Lipinski definition) is 0. The van der Waals surface area contributed by atoms with Crippen molar-refractivity contribution in [2.75, 3.05) is 34.5 Å². The van der Waals surface area contributed by atoms with Crippen LogP contribution in [0.1, 0.15) is 27.5 Å². The summed E-state index contributed by atoms with van der Waals surface area (Å²) in [5, 5.41) is 11.9. The molecule has 4 rings (SSSR count). The van der Waals surface area contributed by atoms with Crippen LogP contribution >= 0.6 is 11.6 Å². The lowest BCUT2D eigenvalue weighted by atomic mass is 9.91. The van der Waals surface area contributed by atoms with Crippen LogP contribution < -0.4 is 18.9 Å². The quantitative estimate of drug-likeness (QED) is 0.306. The molecule has 0 saturated heterocycles. The maximum absolute atomic E-state index is 13.7. The van der Waals surface area contributed by atoms with Crippen molar-refractivity contribution in [3.8, 4) is 23.0 Å². The first-order valence-electron chi connectivity index (χ1n) is 11.1. The highest BCUT2D eigenvalue weighted by molar-refractivity contribution is 6.31. The van der Waals surface area contributed by atoms with E-state index in [1.807, 2.05) is 12.1 Å². The predicted octanol–water partition coefficient (Wildman–Crippen LogP) is 5.09. The second-order valence-corrected chi connectivity index (χ2v) is 8.51. The molecule has 1 unspecified atom stereocenters. The summed E-state index contributed by atoms with van der Waals surface area (Å²) >= 11 is 6.10. The molecule has 0 N–H and O–H groups in total. The Bertz CT molecular complexity index is 1280. The fourth-order valence-corrected chi connectivity index (χ4v) is 4.46. The van der Waals surface area contributed by atoms with Crippen LogP contribution in [0.2, 0.25) is 5.02 Å². The number of benzene rings is 3. The van der Waals surface area contributed by atoms with Crippen LogP contribution in [0, 0.1) is 10.1 Å². The molecule has 9 nitrogen and oxygen atoms in total. The maximum atomic E-state index is 13.7. The molecule has 0 aromatic heterocycles. The summed E-state index contributed by atoms with van der Waals surface area (Å²) in [6, 6.07) is 14.2. The molecule has 188 valence electrons. The van der Waals surface area contributed by atoms with Gasteiger partial charge in [-0.1, -0.05) is 11.6 Å². The number of carbonyl (C=O) groups excluding carboxylic acids is 1. The zero-order valence-corrected chi connectivity index (χ0v) is 20.8. The molecule has 1 heterocycles. The van der Waals surface area contributed by atoms with Crippen molar-refractivity contribution >= 4 is 23.2 Å². The van der Waals surface area contributed by atoms with Crippen molar-refractivity contribution in [2.45, 2.75) is 12.5 Å². The van der Waals surface area contributed by atoms with E-state index >= 15 is 0 Å². The molecule has 3 aromatic carbocycles. The van der Waals surface area contributed by atoms with Gasteiger partial charge < -0.3 is 23.8 Å². The standard InChI is InChI=1S/C26H25ClN2O7/c1-33-18-5-7-19(8-6-18)36-15-23-20-14-25(35-3)24(34-2)12-16(20)10-11-28(23)26(30)21-13-17(27)4-9-22(21)29(31)32/h4-9,12-14,23H,10-11,15H2,1-3H3. The summed E-state index contributed by atoms with van der Waals surface area (Å²) in [6.45, 7) is 0.427. The summed E-state index contributed by atoms with van der Waals surface area (Å²) in [5.41, 5.74) is 1.40. The van der Waals surface area contributed by atoms with E-state index < -0.39 is 16.9 Å². The minimum Gasteiger partial charge on any atom is -0.497 e. The van der Waals surface area contributed by atoms with Gasteiger partial charge in [0.25, 0.3) is 11.6 Å². The largest absolute Gasteiger partial charge is 0.497 e. The third-order valence-corrected chi connectivity index (χ3v) is 6.35. The molecule has 1 aliphatic heterocycles. The highest BCUT2D eigenvalue weighted by Crippen LogP contribution is 2.39. The van der Waals surface area contributed by atoms with E-state index in [0.717, 1.165) is 11.1 Å². The molecule has 3 aromatic rings. The number of nitro benzene ring substituents is 1. The van der Waals surface area contributed by atoms with E-state index in [2.05, 4.69) is 0 Å². The number of nitro groups is 1. The van der Waals surface area contributed by atoms with Gasteiger partial charge in [-0.15, -0.1) is 0 Å². The molecular formula is C26H25ClN2O7. The third kappa shape index (κ3) is 5.01. The molecule has 0 fully saturated rings. The number of nitrogens with zero attached hydrogens (tertiary/aromatic N) is 2. The first-order valence-corrected chi connectivity index (χ1v) is 11.5. The number of methoxy groups -OCH3 is 3. The Balaban J connectivity index is 1.74. The predicted molar refractivity (Wildman–Crippen MR) is 134 cm³/mol. The van der Waals surface area contributed by atoms with Gasteiger partial charge in [-0.3, -0.25) is 14.9 Å². The zero-order chi connectivity index (χ0) is 25.8. The van der Waals surface area contributed by atoms with E-state index in [4.69, 9.17) is 30.5 Å². The fourth-order valence-electron chi connectivity index (χ4n) is 4.29. The van der Waals surface area contributed by atoms with Gasteiger partial charge in [0, 0.05) is 17.6 Å². The monoisotopic (exact) mass is 512 g/mol. The molecule has 0 bridgehead atoms. The molecule has 0 saturated carbocycles. The SMILES string of the molecule is COc1ccc(OCC2c3cc(OC)c(OC)cc3CCN2C(=O)c2cc(Cl)ccc2[N+](=O)[O-])cc1. The summed E-state index contributed by atoms with van der Waals surface area (Å²) in [6.07, 6.45) is 0.523. The number of rotatable bonds is 8. The van der Waals surface area contributed by atoms with Crippen LogP contribution in [-0.4, -0.2) is 50.2 Å². The second kappa shape index (κ2) is 10.7. The molecule has 0 spiro atoms. The van der Waals surface area contributed by atoms with Crippen molar-refractivity contribution in [3.05, 3.63) is 86.4 Å². The second-order valence-electron chi connectivity index (χ2n) is 8.08. The van der Waals surface area contributed by atoms with Gasteiger partial charge in [0.2, 0.25) is 0 Å². The Labute approximate surface area is 213 Å². The Morgan fingerprint density at radius 1 is 1.00 bits per heavy atom. The Kier molecular flexibility index (Phi) is 7.49. The van der Waals surface area contributed by atoms with Crippen LogP contribution in [0.4, 0.5) is 5.69 Å². The first kappa shape index (κ1) is 25.1. The Hall–Kier alpha value is -3.98. The lowest BCUT2D eigenvalue weighted by molar-refractivity contribution is -0.385. The molecule has 0 aliphatic carbocycles. The number of amides is 1. The van der Waals surface area contributed by atoms with Gasteiger partial charge in [0.1, 0.15) is 23.7 Å². The van der Waals surface area contributed by atoms with Gasteiger partial charge in [0.05, 0.1) is 32.3 Å². The maximum Gasteiger partial charge on any atom is 0.282 e. The number of ether oxygens (including phenoxy) is 4. The number of carbonyl (C=O) groups is 1. The summed E-state index contributed by atoms with van der Waals surface area (Å²) in [4.78, 5) is 26.3. The van der Waals surface area contributed by atoms with Gasteiger partial charge in [-0.05, 0) is 66.1 Å².